The number of hydrogen-bond donors (Lipinski definition) is 2. The Labute approximate surface area is 108 Å². The highest BCUT2D eigenvalue weighted by atomic mass is 16.4. The van der Waals surface area contributed by atoms with Crippen LogP contribution < -0.4 is 5.56 Å². The maximum Gasteiger partial charge on any atom is 0.306 e. The third-order valence-electron chi connectivity index (χ3n) is 2.82. The first-order valence-electron chi connectivity index (χ1n) is 5.85. The normalized spacial score (nSPS) is 12.5. The number of carboxylic acid groups (broad SMARTS) is 1. The molecule has 0 fully saturated rings. The van der Waals surface area contributed by atoms with Crippen LogP contribution in [0.4, 0.5) is 0 Å². The van der Waals surface area contributed by atoms with Crippen LogP contribution in [0.2, 0.25) is 0 Å². The van der Waals surface area contributed by atoms with Crippen molar-refractivity contribution in [2.75, 3.05) is 0 Å². The number of carboxylic acids is 1. The van der Waals surface area contributed by atoms with Crippen molar-refractivity contribution in [2.45, 2.75) is 26.0 Å². The fourth-order valence-electron chi connectivity index (χ4n) is 1.98. The lowest BCUT2D eigenvalue weighted by molar-refractivity contribution is -0.139. The monoisotopic (exact) mass is 262 g/mol. The fourth-order valence-corrected chi connectivity index (χ4v) is 1.98. The second kappa shape index (κ2) is 5.19. The van der Waals surface area contributed by atoms with Gasteiger partial charge >= 0.3 is 5.97 Å². The van der Waals surface area contributed by atoms with E-state index < -0.39 is 18.5 Å². The van der Waals surface area contributed by atoms with E-state index in [9.17, 15) is 14.7 Å². The predicted molar refractivity (Wildman–Crippen MR) is 69.0 cm³/mol. The molecule has 19 heavy (non-hydrogen) atoms. The molecule has 0 amide bonds. The highest BCUT2D eigenvalue weighted by Gasteiger charge is 2.14. The van der Waals surface area contributed by atoms with Gasteiger partial charge in [-0.1, -0.05) is 12.1 Å². The molecular weight excluding hydrogens is 248 g/mol. The molecule has 6 nitrogen and oxygen atoms in total. The highest BCUT2D eigenvalue weighted by Crippen LogP contribution is 2.10. The van der Waals surface area contributed by atoms with E-state index in [-0.39, 0.29) is 12.1 Å². The van der Waals surface area contributed by atoms with Crippen LogP contribution in [0.1, 0.15) is 12.1 Å². The largest absolute Gasteiger partial charge is 0.481 e. The zero-order chi connectivity index (χ0) is 14.0. The van der Waals surface area contributed by atoms with Gasteiger partial charge in [0, 0.05) is 0 Å². The van der Waals surface area contributed by atoms with Crippen molar-refractivity contribution in [1.29, 1.82) is 0 Å². The van der Waals surface area contributed by atoms with Crippen molar-refractivity contribution in [3.63, 3.8) is 0 Å². The van der Waals surface area contributed by atoms with Gasteiger partial charge in [-0.3, -0.25) is 9.59 Å². The summed E-state index contributed by atoms with van der Waals surface area (Å²) in [5.74, 6) is -1.10. The molecule has 1 unspecified atom stereocenters. The summed E-state index contributed by atoms with van der Waals surface area (Å²) in [5.41, 5.74) is 1.23. The van der Waals surface area contributed by atoms with Crippen LogP contribution in [0, 0.1) is 6.92 Å². The molecule has 0 saturated carbocycles. The molecular formula is C13H14N2O4. The molecule has 0 aliphatic carbocycles. The average Bonchev–Trinajstić information content (AvgIpc) is 2.34. The van der Waals surface area contributed by atoms with Crippen LogP contribution in [0.15, 0.2) is 29.1 Å². The van der Waals surface area contributed by atoms with Gasteiger partial charge in [0.25, 0.3) is 5.56 Å². The van der Waals surface area contributed by atoms with E-state index >= 15 is 0 Å². The molecule has 2 N–H and O–H groups in total. The highest BCUT2D eigenvalue weighted by molar-refractivity contribution is 5.74. The number of benzene rings is 1. The van der Waals surface area contributed by atoms with Gasteiger partial charge in [-0.05, 0) is 19.1 Å². The molecule has 1 atom stereocenters. The fraction of sp³-hybridized carbons (Fsp3) is 0.308. The Hall–Kier alpha value is -2.21. The maximum atomic E-state index is 12.0. The summed E-state index contributed by atoms with van der Waals surface area (Å²) in [6.07, 6.45) is -1.51. The Morgan fingerprint density at radius 1 is 1.42 bits per heavy atom. The second-order valence-corrected chi connectivity index (χ2v) is 4.35. The van der Waals surface area contributed by atoms with E-state index in [1.807, 2.05) is 0 Å². The molecule has 0 spiro atoms. The Kier molecular flexibility index (Phi) is 3.62. The van der Waals surface area contributed by atoms with E-state index in [1.54, 1.807) is 31.2 Å². The molecule has 2 aromatic rings. The predicted octanol–water partition coefficient (Wildman–Crippen LogP) is 0.541. The van der Waals surface area contributed by atoms with Gasteiger partial charge in [0.2, 0.25) is 0 Å². The summed E-state index contributed by atoms with van der Waals surface area (Å²) in [6.45, 7) is 1.53. The van der Waals surface area contributed by atoms with Crippen LogP contribution in [0.25, 0.3) is 11.0 Å². The maximum absolute atomic E-state index is 12.0. The third-order valence-corrected chi connectivity index (χ3v) is 2.82. The van der Waals surface area contributed by atoms with Crippen molar-refractivity contribution in [3.8, 4) is 0 Å². The van der Waals surface area contributed by atoms with Crippen molar-refractivity contribution in [1.82, 2.24) is 9.55 Å². The number of nitrogens with zero attached hydrogens (tertiary/aromatic N) is 2. The molecule has 0 saturated heterocycles. The van der Waals surface area contributed by atoms with Gasteiger partial charge < -0.3 is 14.8 Å². The number of aromatic nitrogens is 2. The van der Waals surface area contributed by atoms with Crippen molar-refractivity contribution in [3.05, 3.63) is 40.3 Å². The van der Waals surface area contributed by atoms with Gasteiger partial charge in [-0.25, -0.2) is 4.98 Å². The summed E-state index contributed by atoms with van der Waals surface area (Å²) in [5, 5.41) is 18.3. The number of hydrogen-bond acceptors (Lipinski definition) is 4. The number of aliphatic carboxylic acids is 1. The van der Waals surface area contributed by atoms with Gasteiger partial charge in [-0.15, -0.1) is 0 Å². The first-order chi connectivity index (χ1) is 8.99. The zero-order valence-corrected chi connectivity index (χ0v) is 10.4. The molecule has 2 rings (SSSR count). The Morgan fingerprint density at radius 2 is 2.11 bits per heavy atom. The van der Waals surface area contributed by atoms with Crippen molar-refractivity contribution >= 4 is 17.0 Å². The minimum atomic E-state index is -1.11. The summed E-state index contributed by atoms with van der Waals surface area (Å²) in [7, 11) is 0. The Morgan fingerprint density at radius 3 is 2.79 bits per heavy atom. The van der Waals surface area contributed by atoms with Gasteiger partial charge in [0.1, 0.15) is 5.69 Å². The van der Waals surface area contributed by atoms with E-state index in [4.69, 9.17) is 5.11 Å². The molecule has 1 aromatic carbocycles. The number of aliphatic hydroxyl groups is 1. The number of para-hydroxylation sites is 2. The Bertz CT molecular complexity index is 678. The van der Waals surface area contributed by atoms with Crippen LogP contribution in [-0.2, 0) is 11.3 Å². The molecule has 6 heteroatoms. The molecule has 1 heterocycles. The van der Waals surface area contributed by atoms with Gasteiger partial charge in [0.15, 0.2) is 0 Å². The van der Waals surface area contributed by atoms with Crippen LogP contribution in [0.3, 0.4) is 0 Å². The number of aliphatic hydroxyl groups excluding tert-OH is 1. The van der Waals surface area contributed by atoms with E-state index in [0.29, 0.717) is 16.7 Å². The average molecular weight is 262 g/mol. The molecule has 100 valence electrons. The van der Waals surface area contributed by atoms with E-state index in [0.717, 1.165) is 0 Å². The number of aryl methyl sites for hydroxylation is 1. The molecule has 0 radical (unpaired) electrons. The minimum Gasteiger partial charge on any atom is -0.481 e. The zero-order valence-electron chi connectivity index (χ0n) is 10.4. The summed E-state index contributed by atoms with van der Waals surface area (Å²) in [6, 6.07) is 7.05. The first-order valence-corrected chi connectivity index (χ1v) is 5.85. The van der Waals surface area contributed by atoms with E-state index in [2.05, 4.69) is 4.98 Å². The lowest BCUT2D eigenvalue weighted by atomic mass is 10.2. The summed E-state index contributed by atoms with van der Waals surface area (Å²) >= 11 is 0. The number of rotatable bonds is 4. The van der Waals surface area contributed by atoms with Gasteiger partial charge in [0.05, 0.1) is 30.1 Å². The van der Waals surface area contributed by atoms with E-state index in [1.165, 1.54) is 4.57 Å². The second-order valence-electron chi connectivity index (χ2n) is 4.35. The first kappa shape index (κ1) is 13.2. The van der Waals surface area contributed by atoms with Crippen LogP contribution in [0.5, 0.6) is 0 Å². The third kappa shape index (κ3) is 2.79. The number of carbonyl (C=O) groups is 1. The quantitative estimate of drug-likeness (QED) is 0.839. The van der Waals surface area contributed by atoms with Crippen molar-refractivity contribution < 1.29 is 15.0 Å². The molecule has 0 aliphatic rings. The molecule has 0 aliphatic heterocycles. The summed E-state index contributed by atoms with van der Waals surface area (Å²) in [4.78, 5) is 26.8. The van der Waals surface area contributed by atoms with Gasteiger partial charge in [-0.2, -0.15) is 0 Å². The lowest BCUT2D eigenvalue weighted by Crippen LogP contribution is -2.30. The number of fused-ring (bicyclic) bond motifs is 1. The minimum absolute atomic E-state index is 0.0605. The SMILES string of the molecule is Cc1nc2ccccc2n(CC(O)CC(=O)O)c1=O. The van der Waals surface area contributed by atoms with Crippen LogP contribution >= 0.6 is 0 Å². The van der Waals surface area contributed by atoms with Crippen molar-refractivity contribution in [2.24, 2.45) is 0 Å². The van der Waals surface area contributed by atoms with Crippen LogP contribution in [-0.4, -0.2) is 31.8 Å². The molecule has 1 aromatic heterocycles. The molecule has 0 bridgehead atoms. The lowest BCUT2D eigenvalue weighted by Gasteiger charge is -2.14. The smallest absolute Gasteiger partial charge is 0.306 e. The standard InChI is InChI=1S/C13H14N2O4/c1-8-13(19)15(7-9(16)6-12(17)18)11-5-3-2-4-10(11)14-8/h2-5,9,16H,6-7H2,1H3,(H,17,18). The topological polar surface area (TPSA) is 92.4 Å². The summed E-state index contributed by atoms with van der Waals surface area (Å²) < 4.78 is 1.37. The Balaban J connectivity index is 2.49.